The summed E-state index contributed by atoms with van der Waals surface area (Å²) in [6.07, 6.45) is 6.83. The van der Waals surface area contributed by atoms with Gasteiger partial charge in [0.2, 0.25) is 0 Å². The van der Waals surface area contributed by atoms with Crippen molar-refractivity contribution in [1.82, 2.24) is 19.5 Å². The quantitative estimate of drug-likeness (QED) is 0.698. The van der Waals surface area contributed by atoms with Crippen LogP contribution in [0.25, 0.3) is 5.82 Å². The Bertz CT molecular complexity index is 407. The van der Waals surface area contributed by atoms with Crippen LogP contribution in [0.3, 0.4) is 0 Å². The molecule has 14 heavy (non-hydrogen) atoms. The smallest absolute Gasteiger partial charge is 0.143 e. The van der Waals surface area contributed by atoms with Crippen molar-refractivity contribution in [2.75, 3.05) is 19.0 Å². The number of hydrogen-bond donors (Lipinski definition) is 0. The zero-order valence-electron chi connectivity index (χ0n) is 8.12. The summed E-state index contributed by atoms with van der Waals surface area (Å²) in [7, 11) is 3.89. The lowest BCUT2D eigenvalue weighted by Gasteiger charge is -2.11. The van der Waals surface area contributed by atoms with Crippen molar-refractivity contribution in [3.63, 3.8) is 0 Å². The molecule has 0 aliphatic rings. The molecule has 2 aromatic heterocycles. The van der Waals surface area contributed by atoms with E-state index in [-0.39, 0.29) is 0 Å². The highest BCUT2D eigenvalue weighted by atomic mass is 15.2. The lowest BCUT2D eigenvalue weighted by atomic mass is 10.5. The lowest BCUT2D eigenvalue weighted by molar-refractivity contribution is 0.951. The van der Waals surface area contributed by atoms with E-state index in [1.165, 1.54) is 0 Å². The highest BCUT2D eigenvalue weighted by Gasteiger charge is 2.01. The topological polar surface area (TPSA) is 46.8 Å². The summed E-state index contributed by atoms with van der Waals surface area (Å²) in [6, 6.07) is 1.90. The van der Waals surface area contributed by atoms with Gasteiger partial charge in [0.05, 0.1) is 0 Å². The summed E-state index contributed by atoms with van der Waals surface area (Å²) in [5.41, 5.74) is 0. The van der Waals surface area contributed by atoms with Crippen LogP contribution in [0.5, 0.6) is 0 Å². The van der Waals surface area contributed by atoms with E-state index in [4.69, 9.17) is 0 Å². The molecule has 0 unspecified atom stereocenters. The fraction of sp³-hybridized carbons (Fsp3) is 0.222. The van der Waals surface area contributed by atoms with Gasteiger partial charge >= 0.3 is 0 Å². The van der Waals surface area contributed by atoms with Crippen molar-refractivity contribution in [3.8, 4) is 5.82 Å². The van der Waals surface area contributed by atoms with E-state index < -0.39 is 0 Å². The Morgan fingerprint density at radius 2 is 2.14 bits per heavy atom. The molecule has 2 heterocycles. The van der Waals surface area contributed by atoms with Gasteiger partial charge in [-0.3, -0.25) is 4.57 Å². The molecule has 0 aliphatic carbocycles. The molecule has 2 rings (SSSR count). The standard InChI is InChI=1S/C9H11N5/c1-13(2)8-5-9(12-6-11-8)14-4-3-10-7-14/h3-7H,1-2H3. The van der Waals surface area contributed by atoms with Crippen LogP contribution < -0.4 is 4.90 Å². The first kappa shape index (κ1) is 8.68. The van der Waals surface area contributed by atoms with Gasteiger partial charge in [-0.2, -0.15) is 0 Å². The maximum atomic E-state index is 4.15. The maximum Gasteiger partial charge on any atom is 0.143 e. The van der Waals surface area contributed by atoms with Gasteiger partial charge in [0, 0.05) is 32.6 Å². The first-order valence-electron chi connectivity index (χ1n) is 4.25. The van der Waals surface area contributed by atoms with Crippen molar-refractivity contribution in [2.24, 2.45) is 0 Å². The molecular formula is C9H11N5. The minimum absolute atomic E-state index is 0.821. The normalized spacial score (nSPS) is 10.1. The zero-order valence-corrected chi connectivity index (χ0v) is 8.12. The van der Waals surface area contributed by atoms with E-state index in [1.807, 2.05) is 35.8 Å². The van der Waals surface area contributed by atoms with Crippen molar-refractivity contribution in [1.29, 1.82) is 0 Å². The lowest BCUT2D eigenvalue weighted by Crippen LogP contribution is -2.11. The number of rotatable bonds is 2. The Morgan fingerprint density at radius 3 is 2.79 bits per heavy atom. The molecule has 0 saturated carbocycles. The first-order chi connectivity index (χ1) is 6.77. The average Bonchev–Trinajstić information content (AvgIpc) is 2.71. The largest absolute Gasteiger partial charge is 0.363 e. The predicted molar refractivity (Wildman–Crippen MR) is 53.5 cm³/mol. The predicted octanol–water partition coefficient (Wildman–Crippen LogP) is 0.728. The molecule has 0 amide bonds. The molecule has 0 radical (unpaired) electrons. The summed E-state index contributed by atoms with van der Waals surface area (Å²) < 4.78 is 1.84. The molecular weight excluding hydrogens is 178 g/mol. The molecule has 0 saturated heterocycles. The molecule has 0 bridgehead atoms. The SMILES string of the molecule is CN(C)c1cc(-n2ccnc2)ncn1. The van der Waals surface area contributed by atoms with Crippen LogP contribution in [0.4, 0.5) is 5.82 Å². The van der Waals surface area contributed by atoms with Crippen LogP contribution in [0.1, 0.15) is 0 Å². The van der Waals surface area contributed by atoms with Gasteiger partial charge in [-0.15, -0.1) is 0 Å². The fourth-order valence-corrected chi connectivity index (χ4v) is 1.12. The van der Waals surface area contributed by atoms with Crippen molar-refractivity contribution in [3.05, 3.63) is 31.1 Å². The van der Waals surface area contributed by atoms with Crippen LogP contribution >= 0.6 is 0 Å². The van der Waals surface area contributed by atoms with Crippen LogP contribution in [0, 0.1) is 0 Å². The molecule has 2 aromatic rings. The summed E-state index contributed by atoms with van der Waals surface area (Å²) in [5.74, 6) is 1.70. The van der Waals surface area contributed by atoms with E-state index in [1.54, 1.807) is 18.9 Å². The second kappa shape index (κ2) is 3.45. The van der Waals surface area contributed by atoms with Crippen LogP contribution in [-0.4, -0.2) is 33.6 Å². The molecule has 0 aliphatic heterocycles. The molecule has 0 fully saturated rings. The van der Waals surface area contributed by atoms with E-state index in [9.17, 15) is 0 Å². The minimum Gasteiger partial charge on any atom is -0.363 e. The number of anilines is 1. The van der Waals surface area contributed by atoms with Crippen molar-refractivity contribution >= 4 is 5.82 Å². The summed E-state index contributed by atoms with van der Waals surface area (Å²) in [5, 5.41) is 0. The third-order valence-electron chi connectivity index (χ3n) is 1.87. The van der Waals surface area contributed by atoms with Gasteiger partial charge in [0.25, 0.3) is 0 Å². The molecule has 0 aromatic carbocycles. The number of hydrogen-bond acceptors (Lipinski definition) is 4. The minimum atomic E-state index is 0.821. The zero-order chi connectivity index (χ0) is 9.97. The Balaban J connectivity index is 2.41. The van der Waals surface area contributed by atoms with Gasteiger partial charge < -0.3 is 4.90 Å². The molecule has 0 spiro atoms. The van der Waals surface area contributed by atoms with Crippen LogP contribution in [0.15, 0.2) is 31.1 Å². The van der Waals surface area contributed by atoms with E-state index in [2.05, 4.69) is 15.0 Å². The second-order valence-electron chi connectivity index (χ2n) is 3.10. The molecule has 0 atom stereocenters. The molecule has 0 N–H and O–H groups in total. The van der Waals surface area contributed by atoms with E-state index in [0.717, 1.165) is 11.6 Å². The van der Waals surface area contributed by atoms with Gasteiger partial charge in [-0.25, -0.2) is 15.0 Å². The Morgan fingerprint density at radius 1 is 1.29 bits per heavy atom. The van der Waals surface area contributed by atoms with Gasteiger partial charge in [0.15, 0.2) is 0 Å². The van der Waals surface area contributed by atoms with Crippen LogP contribution in [-0.2, 0) is 0 Å². The van der Waals surface area contributed by atoms with Crippen molar-refractivity contribution in [2.45, 2.75) is 0 Å². The van der Waals surface area contributed by atoms with Gasteiger partial charge in [-0.05, 0) is 0 Å². The molecule has 72 valence electrons. The molecule has 5 nitrogen and oxygen atoms in total. The number of nitrogens with zero attached hydrogens (tertiary/aromatic N) is 5. The van der Waals surface area contributed by atoms with Crippen molar-refractivity contribution < 1.29 is 0 Å². The van der Waals surface area contributed by atoms with Gasteiger partial charge in [-0.1, -0.05) is 0 Å². The second-order valence-corrected chi connectivity index (χ2v) is 3.10. The Labute approximate surface area is 82.1 Å². The Hall–Kier alpha value is -1.91. The highest BCUT2D eigenvalue weighted by molar-refractivity contribution is 5.41. The molecule has 5 heteroatoms. The summed E-state index contributed by atoms with van der Waals surface area (Å²) in [4.78, 5) is 14.2. The number of imidazole rings is 1. The average molecular weight is 189 g/mol. The first-order valence-corrected chi connectivity index (χ1v) is 4.25. The van der Waals surface area contributed by atoms with E-state index in [0.29, 0.717) is 0 Å². The monoisotopic (exact) mass is 189 g/mol. The summed E-state index contributed by atoms with van der Waals surface area (Å²) in [6.45, 7) is 0. The highest BCUT2D eigenvalue weighted by Crippen LogP contribution is 2.10. The fourth-order valence-electron chi connectivity index (χ4n) is 1.12. The van der Waals surface area contributed by atoms with E-state index >= 15 is 0 Å². The van der Waals surface area contributed by atoms with Crippen LogP contribution in [0.2, 0.25) is 0 Å². The summed E-state index contributed by atoms with van der Waals surface area (Å²) >= 11 is 0. The third kappa shape index (κ3) is 1.56. The Kier molecular flexibility index (Phi) is 2.14. The third-order valence-corrected chi connectivity index (χ3v) is 1.87. The maximum absolute atomic E-state index is 4.15. The number of aromatic nitrogens is 4. The van der Waals surface area contributed by atoms with Gasteiger partial charge in [0.1, 0.15) is 24.3 Å².